The molecule has 4 rings (SSSR count). The van der Waals surface area contributed by atoms with E-state index in [0.29, 0.717) is 33.9 Å². The van der Waals surface area contributed by atoms with Crippen LogP contribution in [-0.4, -0.2) is 24.6 Å². The normalized spacial score (nSPS) is 12.9. The van der Waals surface area contributed by atoms with Gasteiger partial charge >= 0.3 is 5.76 Å². The zero-order valence-electron chi connectivity index (χ0n) is 13.3. The Balaban J connectivity index is 1.59. The van der Waals surface area contributed by atoms with Crippen LogP contribution in [0.25, 0.3) is 17.2 Å². The standard InChI is InChI=1S/C18H14N2O5/c1-23-15-4-2-3-10-7-11(9-24-16(10)15)17(21)19-12-5-6-14-13(8-12)20-18(22)25-14/h2-8H,9H2,1H3,(H,19,21)(H,20,22). The van der Waals surface area contributed by atoms with E-state index in [9.17, 15) is 9.59 Å². The first-order valence-corrected chi connectivity index (χ1v) is 7.58. The van der Waals surface area contributed by atoms with E-state index in [4.69, 9.17) is 13.9 Å². The van der Waals surface area contributed by atoms with Crippen LogP contribution in [0.3, 0.4) is 0 Å². The molecule has 1 amide bonds. The summed E-state index contributed by atoms with van der Waals surface area (Å²) in [5.41, 5.74) is 2.77. The number of anilines is 1. The van der Waals surface area contributed by atoms with Crippen LogP contribution >= 0.6 is 0 Å². The molecule has 25 heavy (non-hydrogen) atoms. The number of nitrogens with one attached hydrogen (secondary N) is 2. The van der Waals surface area contributed by atoms with Crippen molar-refractivity contribution in [3.8, 4) is 11.5 Å². The Morgan fingerprint density at radius 2 is 2.16 bits per heavy atom. The van der Waals surface area contributed by atoms with Gasteiger partial charge in [-0.3, -0.25) is 9.78 Å². The lowest BCUT2D eigenvalue weighted by Gasteiger charge is -2.19. The SMILES string of the molecule is COc1cccc2c1OCC(C(=O)Nc1ccc3oc(=O)[nH]c3c1)=C2. The van der Waals surface area contributed by atoms with E-state index in [1.54, 1.807) is 37.5 Å². The van der Waals surface area contributed by atoms with Crippen molar-refractivity contribution in [3.05, 3.63) is 58.1 Å². The quantitative estimate of drug-likeness (QED) is 0.765. The van der Waals surface area contributed by atoms with Crippen LogP contribution in [0.2, 0.25) is 0 Å². The van der Waals surface area contributed by atoms with Crippen LogP contribution in [-0.2, 0) is 4.79 Å². The molecular weight excluding hydrogens is 324 g/mol. The molecule has 0 aliphatic carbocycles. The summed E-state index contributed by atoms with van der Waals surface area (Å²) in [6, 6.07) is 10.4. The summed E-state index contributed by atoms with van der Waals surface area (Å²) in [7, 11) is 1.57. The topological polar surface area (TPSA) is 93.6 Å². The van der Waals surface area contributed by atoms with Gasteiger partial charge in [0.2, 0.25) is 0 Å². The molecule has 1 aliphatic heterocycles. The first-order valence-electron chi connectivity index (χ1n) is 7.58. The average Bonchev–Trinajstić information content (AvgIpc) is 3.00. The summed E-state index contributed by atoms with van der Waals surface area (Å²) in [6.07, 6.45) is 1.77. The Hall–Kier alpha value is -3.48. The van der Waals surface area contributed by atoms with E-state index in [-0.39, 0.29) is 12.5 Å². The maximum Gasteiger partial charge on any atom is 0.417 e. The van der Waals surface area contributed by atoms with Gasteiger partial charge in [0.1, 0.15) is 6.61 Å². The smallest absolute Gasteiger partial charge is 0.417 e. The number of hydrogen-bond acceptors (Lipinski definition) is 5. The summed E-state index contributed by atoms with van der Waals surface area (Å²) in [5.74, 6) is 0.438. The van der Waals surface area contributed by atoms with E-state index < -0.39 is 5.76 Å². The Morgan fingerprint density at radius 1 is 1.28 bits per heavy atom. The van der Waals surface area contributed by atoms with Gasteiger partial charge in [0.05, 0.1) is 18.2 Å². The van der Waals surface area contributed by atoms with Crippen molar-refractivity contribution in [2.75, 3.05) is 19.0 Å². The number of oxazole rings is 1. The fourth-order valence-corrected chi connectivity index (χ4v) is 2.71. The number of aromatic amines is 1. The molecule has 1 aliphatic rings. The summed E-state index contributed by atoms with van der Waals surface area (Å²) in [4.78, 5) is 26.2. The number of H-pyrrole nitrogens is 1. The average molecular weight is 338 g/mol. The summed E-state index contributed by atoms with van der Waals surface area (Å²) >= 11 is 0. The van der Waals surface area contributed by atoms with Crippen LogP contribution in [0, 0.1) is 0 Å². The molecule has 126 valence electrons. The number of carbonyl (C=O) groups is 1. The fraction of sp³-hybridized carbons (Fsp3) is 0.111. The third kappa shape index (κ3) is 2.76. The number of aromatic nitrogens is 1. The molecule has 2 heterocycles. The molecule has 3 aromatic rings. The monoisotopic (exact) mass is 338 g/mol. The maximum absolute atomic E-state index is 12.5. The number of carbonyl (C=O) groups excluding carboxylic acids is 1. The highest BCUT2D eigenvalue weighted by atomic mass is 16.5. The molecule has 1 aromatic heterocycles. The van der Waals surface area contributed by atoms with E-state index in [0.717, 1.165) is 5.56 Å². The van der Waals surface area contributed by atoms with Gasteiger partial charge in [-0.15, -0.1) is 0 Å². The minimum Gasteiger partial charge on any atom is -0.493 e. The highest BCUT2D eigenvalue weighted by Gasteiger charge is 2.20. The summed E-state index contributed by atoms with van der Waals surface area (Å²) < 4.78 is 15.9. The van der Waals surface area contributed by atoms with Gasteiger partial charge in [-0.05, 0) is 30.3 Å². The first kappa shape index (κ1) is 15.1. The molecule has 2 N–H and O–H groups in total. The van der Waals surface area contributed by atoms with Crippen molar-refractivity contribution >= 4 is 28.8 Å². The van der Waals surface area contributed by atoms with Gasteiger partial charge in [0, 0.05) is 11.3 Å². The van der Waals surface area contributed by atoms with E-state index >= 15 is 0 Å². The minimum absolute atomic E-state index is 0.143. The van der Waals surface area contributed by atoms with Crippen molar-refractivity contribution in [3.63, 3.8) is 0 Å². The highest BCUT2D eigenvalue weighted by Crippen LogP contribution is 2.35. The second-order valence-corrected chi connectivity index (χ2v) is 5.52. The molecule has 0 radical (unpaired) electrons. The largest absolute Gasteiger partial charge is 0.493 e. The van der Waals surface area contributed by atoms with Gasteiger partial charge in [-0.2, -0.15) is 0 Å². The molecule has 0 saturated heterocycles. The summed E-state index contributed by atoms with van der Waals surface area (Å²) in [6.45, 7) is 0.143. The lowest BCUT2D eigenvalue weighted by atomic mass is 10.1. The number of ether oxygens (including phenoxy) is 2. The molecule has 0 saturated carbocycles. The predicted molar refractivity (Wildman–Crippen MR) is 91.9 cm³/mol. The van der Waals surface area contributed by atoms with Crippen LogP contribution in [0.1, 0.15) is 5.56 Å². The van der Waals surface area contributed by atoms with Gasteiger partial charge in [0.15, 0.2) is 17.1 Å². The van der Waals surface area contributed by atoms with E-state index in [1.165, 1.54) is 0 Å². The summed E-state index contributed by atoms with van der Waals surface area (Å²) in [5, 5.41) is 2.79. The van der Waals surface area contributed by atoms with Crippen molar-refractivity contribution in [2.24, 2.45) is 0 Å². The zero-order valence-corrected chi connectivity index (χ0v) is 13.3. The van der Waals surface area contributed by atoms with Gasteiger partial charge < -0.3 is 19.2 Å². The lowest BCUT2D eigenvalue weighted by molar-refractivity contribution is -0.113. The highest BCUT2D eigenvalue weighted by molar-refractivity contribution is 6.08. The van der Waals surface area contributed by atoms with Crippen molar-refractivity contribution in [1.29, 1.82) is 0 Å². The first-order chi connectivity index (χ1) is 12.1. The van der Waals surface area contributed by atoms with Gasteiger partial charge in [-0.25, -0.2) is 4.79 Å². The third-order valence-electron chi connectivity index (χ3n) is 3.90. The number of para-hydroxylation sites is 1. The van der Waals surface area contributed by atoms with Crippen LogP contribution in [0.15, 0.2) is 51.2 Å². The minimum atomic E-state index is -0.535. The molecule has 0 bridgehead atoms. The Labute approximate surface area is 141 Å². The van der Waals surface area contributed by atoms with E-state index in [1.807, 2.05) is 12.1 Å². The number of methoxy groups -OCH3 is 1. The zero-order chi connectivity index (χ0) is 17.4. The number of hydrogen-bond donors (Lipinski definition) is 2. The lowest BCUT2D eigenvalue weighted by Crippen LogP contribution is -2.21. The Kier molecular flexibility index (Phi) is 3.53. The Morgan fingerprint density at radius 3 is 3.00 bits per heavy atom. The number of rotatable bonds is 3. The molecule has 2 aromatic carbocycles. The second-order valence-electron chi connectivity index (χ2n) is 5.52. The third-order valence-corrected chi connectivity index (χ3v) is 3.90. The molecule has 7 nitrogen and oxygen atoms in total. The molecule has 0 atom stereocenters. The van der Waals surface area contributed by atoms with Crippen molar-refractivity contribution in [2.45, 2.75) is 0 Å². The van der Waals surface area contributed by atoms with E-state index in [2.05, 4.69) is 10.3 Å². The van der Waals surface area contributed by atoms with Gasteiger partial charge in [-0.1, -0.05) is 12.1 Å². The molecule has 0 fully saturated rings. The maximum atomic E-state index is 12.5. The molecule has 0 unspecified atom stereocenters. The van der Waals surface area contributed by atoms with Crippen molar-refractivity contribution in [1.82, 2.24) is 4.98 Å². The molecular formula is C18H14N2O5. The van der Waals surface area contributed by atoms with Crippen LogP contribution in [0.4, 0.5) is 5.69 Å². The van der Waals surface area contributed by atoms with Gasteiger partial charge in [0.25, 0.3) is 5.91 Å². The van der Waals surface area contributed by atoms with Crippen molar-refractivity contribution < 1.29 is 18.7 Å². The number of fused-ring (bicyclic) bond motifs is 2. The molecule has 7 heteroatoms. The fourth-order valence-electron chi connectivity index (χ4n) is 2.71. The Bertz CT molecular complexity index is 1060. The molecule has 0 spiro atoms. The van der Waals surface area contributed by atoms with Crippen LogP contribution in [0.5, 0.6) is 11.5 Å². The number of benzene rings is 2. The van der Waals surface area contributed by atoms with Crippen LogP contribution < -0.4 is 20.5 Å². The predicted octanol–water partition coefficient (Wildman–Crippen LogP) is 2.54. The second kappa shape index (κ2) is 5.86. The number of amides is 1.